The molecule has 5 heteroatoms. The topological polar surface area (TPSA) is 32.8 Å². The molecule has 0 N–H and O–H groups in total. The van der Waals surface area contributed by atoms with Crippen LogP contribution < -0.4 is 9.64 Å². The summed E-state index contributed by atoms with van der Waals surface area (Å²) in [5.41, 5.74) is 1.94. The number of carbonyl (C=O) groups excluding carboxylic acids is 1. The smallest absolute Gasteiger partial charge is 0.248 e. The fourth-order valence-corrected chi connectivity index (χ4v) is 6.19. The van der Waals surface area contributed by atoms with Crippen molar-refractivity contribution in [2.45, 2.75) is 35.7 Å². The van der Waals surface area contributed by atoms with Crippen LogP contribution in [0.5, 0.6) is 5.75 Å². The van der Waals surface area contributed by atoms with E-state index in [1.54, 1.807) is 18.9 Å². The van der Waals surface area contributed by atoms with Crippen LogP contribution in [0, 0.1) is 5.92 Å². The summed E-state index contributed by atoms with van der Waals surface area (Å²) in [6, 6.07) is 17.1. The van der Waals surface area contributed by atoms with Gasteiger partial charge in [0, 0.05) is 23.4 Å². The van der Waals surface area contributed by atoms with Crippen LogP contribution in [-0.4, -0.2) is 42.8 Å². The number of methoxy groups -OCH3 is 1. The first-order valence-electron chi connectivity index (χ1n) is 10.0. The van der Waals surface area contributed by atoms with Gasteiger partial charge in [0.15, 0.2) is 0 Å². The van der Waals surface area contributed by atoms with E-state index in [-0.39, 0.29) is 11.4 Å². The van der Waals surface area contributed by atoms with Crippen LogP contribution in [-0.2, 0) is 4.79 Å². The van der Waals surface area contributed by atoms with E-state index in [0.717, 1.165) is 43.8 Å². The lowest BCUT2D eigenvalue weighted by atomic mass is 9.85. The summed E-state index contributed by atoms with van der Waals surface area (Å²) in [6.07, 6.45) is 5.24. The Balaban J connectivity index is 1.50. The van der Waals surface area contributed by atoms with Crippen LogP contribution in [0.4, 0.5) is 5.69 Å². The van der Waals surface area contributed by atoms with Crippen molar-refractivity contribution in [1.82, 2.24) is 4.90 Å². The molecule has 5 rings (SSSR count). The van der Waals surface area contributed by atoms with Gasteiger partial charge in [-0.15, -0.1) is 11.8 Å². The number of amides is 1. The highest BCUT2D eigenvalue weighted by atomic mass is 32.2. The number of rotatable bonds is 4. The van der Waals surface area contributed by atoms with Crippen molar-refractivity contribution in [2.24, 2.45) is 5.92 Å². The molecule has 0 aliphatic carbocycles. The van der Waals surface area contributed by atoms with E-state index in [4.69, 9.17) is 4.74 Å². The number of nitrogens with zero attached hydrogens (tertiary/aromatic N) is 2. The van der Waals surface area contributed by atoms with Crippen molar-refractivity contribution in [1.29, 1.82) is 0 Å². The van der Waals surface area contributed by atoms with Crippen molar-refractivity contribution >= 4 is 23.4 Å². The molecule has 0 radical (unpaired) electrons. The third kappa shape index (κ3) is 2.45. The summed E-state index contributed by atoms with van der Waals surface area (Å²) in [5.74, 6) is 1.42. The molecule has 3 saturated heterocycles. The lowest BCUT2D eigenvalue weighted by molar-refractivity contribution is -0.126. The van der Waals surface area contributed by atoms with E-state index in [1.807, 2.05) is 29.2 Å². The van der Waals surface area contributed by atoms with Crippen molar-refractivity contribution in [3.8, 4) is 5.75 Å². The zero-order valence-electron chi connectivity index (χ0n) is 16.4. The molecule has 0 unspecified atom stereocenters. The fourth-order valence-electron chi connectivity index (χ4n) is 5.72. The molecule has 3 atom stereocenters. The minimum absolute atomic E-state index is 0.267. The highest BCUT2D eigenvalue weighted by Gasteiger charge is 2.65. The summed E-state index contributed by atoms with van der Waals surface area (Å²) in [4.78, 5) is 19.6. The first kappa shape index (κ1) is 18.1. The van der Waals surface area contributed by atoms with Gasteiger partial charge in [0.25, 0.3) is 0 Å². The normalized spacial score (nSPS) is 29.2. The van der Waals surface area contributed by atoms with E-state index in [2.05, 4.69) is 35.4 Å². The number of hydrogen-bond donors (Lipinski definition) is 0. The maximum absolute atomic E-state index is 13.8. The maximum atomic E-state index is 13.8. The Morgan fingerprint density at radius 1 is 1.18 bits per heavy atom. The molecule has 3 aliphatic heterocycles. The van der Waals surface area contributed by atoms with Gasteiger partial charge in [-0.1, -0.05) is 24.3 Å². The van der Waals surface area contributed by atoms with Crippen LogP contribution >= 0.6 is 11.8 Å². The fraction of sp³-hybridized carbons (Fsp3) is 0.435. The van der Waals surface area contributed by atoms with Gasteiger partial charge >= 0.3 is 0 Å². The summed E-state index contributed by atoms with van der Waals surface area (Å²) >= 11 is 1.78. The number of para-hydroxylation sites is 2. The van der Waals surface area contributed by atoms with E-state index < -0.39 is 0 Å². The van der Waals surface area contributed by atoms with E-state index >= 15 is 0 Å². The van der Waals surface area contributed by atoms with Gasteiger partial charge in [-0.3, -0.25) is 9.69 Å². The second-order valence-corrected chi connectivity index (χ2v) is 8.91. The van der Waals surface area contributed by atoms with Gasteiger partial charge in [-0.05, 0) is 61.9 Å². The molecule has 0 saturated carbocycles. The quantitative estimate of drug-likeness (QED) is 0.722. The maximum Gasteiger partial charge on any atom is 0.248 e. The Labute approximate surface area is 170 Å². The Hall–Kier alpha value is -1.98. The van der Waals surface area contributed by atoms with Crippen LogP contribution in [0.15, 0.2) is 53.4 Å². The molecule has 1 amide bonds. The predicted octanol–water partition coefficient (Wildman–Crippen LogP) is 4.36. The summed E-state index contributed by atoms with van der Waals surface area (Å²) in [5, 5.41) is 0. The minimum atomic E-state index is -0.332. The zero-order chi connectivity index (χ0) is 19.3. The summed E-state index contributed by atoms with van der Waals surface area (Å²) in [6.45, 7) is 1.80. The Kier molecular flexibility index (Phi) is 4.40. The van der Waals surface area contributed by atoms with Gasteiger partial charge < -0.3 is 9.64 Å². The van der Waals surface area contributed by atoms with Gasteiger partial charge in [0.2, 0.25) is 5.91 Å². The van der Waals surface area contributed by atoms with Crippen molar-refractivity contribution in [3.63, 3.8) is 0 Å². The lowest BCUT2D eigenvalue weighted by Gasteiger charge is -2.34. The van der Waals surface area contributed by atoms with Gasteiger partial charge in [0.05, 0.1) is 12.8 Å². The van der Waals surface area contributed by atoms with Gasteiger partial charge in [-0.25, -0.2) is 0 Å². The van der Waals surface area contributed by atoms with E-state index in [9.17, 15) is 4.79 Å². The first-order valence-corrected chi connectivity index (χ1v) is 11.3. The second kappa shape index (κ2) is 6.82. The number of hydrogen-bond acceptors (Lipinski definition) is 4. The SMILES string of the molecule is COc1ccccc1N1C[C@@H]2C[C@@H](c3cccc(SC)c3)N3CCC[C@@]23C1=O. The van der Waals surface area contributed by atoms with Crippen molar-refractivity contribution in [2.75, 3.05) is 31.4 Å². The third-order valence-electron chi connectivity index (χ3n) is 6.90. The molecule has 2 aromatic carbocycles. The van der Waals surface area contributed by atoms with Crippen LogP contribution in [0.25, 0.3) is 0 Å². The third-order valence-corrected chi connectivity index (χ3v) is 7.63. The highest BCUT2D eigenvalue weighted by Crippen LogP contribution is 2.57. The number of carbonyl (C=O) groups is 1. The molecule has 146 valence electrons. The second-order valence-electron chi connectivity index (χ2n) is 8.03. The summed E-state index contributed by atoms with van der Waals surface area (Å²) < 4.78 is 5.54. The Morgan fingerprint density at radius 2 is 2.04 bits per heavy atom. The molecular formula is C23H26N2O2S. The van der Waals surface area contributed by atoms with Crippen molar-refractivity contribution in [3.05, 3.63) is 54.1 Å². The largest absolute Gasteiger partial charge is 0.495 e. The van der Waals surface area contributed by atoms with Gasteiger partial charge in [0.1, 0.15) is 11.3 Å². The molecule has 1 spiro atoms. The van der Waals surface area contributed by atoms with Crippen LogP contribution in [0.1, 0.15) is 30.9 Å². The van der Waals surface area contributed by atoms with E-state index in [1.165, 1.54) is 10.5 Å². The standard InChI is InChI=1S/C23H26N2O2S/c1-27-21-10-4-3-9-19(21)24-15-17-14-20(16-7-5-8-18(13-16)28-2)25-12-6-11-23(17,25)22(24)26/h3-5,7-10,13,17,20H,6,11-12,14-15H2,1-2H3/t17-,20-,23-/m0/s1. The monoisotopic (exact) mass is 394 g/mol. The number of ether oxygens (including phenoxy) is 1. The molecule has 2 aromatic rings. The molecule has 0 bridgehead atoms. The lowest BCUT2D eigenvalue weighted by Crippen LogP contribution is -2.49. The Morgan fingerprint density at radius 3 is 2.86 bits per heavy atom. The van der Waals surface area contributed by atoms with Gasteiger partial charge in [-0.2, -0.15) is 0 Å². The zero-order valence-corrected chi connectivity index (χ0v) is 17.2. The summed E-state index contributed by atoms with van der Waals surface area (Å²) in [7, 11) is 1.68. The molecular weight excluding hydrogens is 368 g/mol. The van der Waals surface area contributed by atoms with Crippen molar-refractivity contribution < 1.29 is 9.53 Å². The van der Waals surface area contributed by atoms with Crippen LogP contribution in [0.3, 0.4) is 0 Å². The average Bonchev–Trinajstić information content (AvgIpc) is 3.38. The molecule has 28 heavy (non-hydrogen) atoms. The molecule has 3 fully saturated rings. The number of thioether (sulfide) groups is 1. The van der Waals surface area contributed by atoms with E-state index in [0.29, 0.717) is 12.0 Å². The average molecular weight is 395 g/mol. The number of benzene rings is 2. The minimum Gasteiger partial charge on any atom is -0.495 e. The Bertz CT molecular complexity index is 917. The first-order chi connectivity index (χ1) is 13.7. The molecule has 3 heterocycles. The van der Waals surface area contributed by atoms with Crippen LogP contribution in [0.2, 0.25) is 0 Å². The molecule has 0 aromatic heterocycles. The molecule has 4 nitrogen and oxygen atoms in total. The number of anilines is 1. The predicted molar refractivity (Wildman–Crippen MR) is 113 cm³/mol. The molecule has 3 aliphatic rings. The highest BCUT2D eigenvalue weighted by molar-refractivity contribution is 7.98.